The van der Waals surface area contributed by atoms with Crippen molar-refractivity contribution in [3.8, 4) is 5.75 Å². The molecule has 0 bridgehead atoms. The lowest BCUT2D eigenvalue weighted by molar-refractivity contribution is 0.0688. The molecule has 0 fully saturated rings. The zero-order valence-corrected chi connectivity index (χ0v) is 9.40. The minimum Gasteiger partial charge on any atom is -0.497 e. The number of aromatic amines is 1. The number of carbonyl (C=O) groups is 2. The molecule has 1 aromatic heterocycles. The van der Waals surface area contributed by atoms with Crippen LogP contribution in [0.25, 0.3) is 10.9 Å². The molecular weight excluding hydrogens is 222 g/mol. The van der Waals surface area contributed by atoms with Gasteiger partial charge in [-0.15, -0.1) is 0 Å². The Morgan fingerprint density at radius 1 is 1.47 bits per heavy atom. The fourth-order valence-corrected chi connectivity index (χ4v) is 1.87. The van der Waals surface area contributed by atoms with Crippen molar-refractivity contribution >= 4 is 23.2 Å². The van der Waals surface area contributed by atoms with Gasteiger partial charge in [-0.25, -0.2) is 4.79 Å². The van der Waals surface area contributed by atoms with Gasteiger partial charge in [0.05, 0.1) is 18.2 Å². The molecule has 0 radical (unpaired) electrons. The van der Waals surface area contributed by atoms with Crippen molar-refractivity contribution in [2.45, 2.75) is 6.92 Å². The number of rotatable bonds is 3. The largest absolute Gasteiger partial charge is 0.497 e. The topological polar surface area (TPSA) is 79.4 Å². The van der Waals surface area contributed by atoms with Gasteiger partial charge < -0.3 is 14.8 Å². The lowest BCUT2D eigenvalue weighted by Crippen LogP contribution is -2.00. The Kier molecular flexibility index (Phi) is 2.59. The number of carbonyl (C=O) groups excluding carboxylic acids is 1. The van der Waals surface area contributed by atoms with Gasteiger partial charge in [-0.3, -0.25) is 4.79 Å². The van der Waals surface area contributed by atoms with Crippen molar-refractivity contribution in [3.05, 3.63) is 29.0 Å². The maximum Gasteiger partial charge on any atom is 0.353 e. The fourth-order valence-electron chi connectivity index (χ4n) is 1.87. The maximum atomic E-state index is 11.0. The molecule has 0 aliphatic carbocycles. The average Bonchev–Trinajstić information content (AvgIpc) is 2.67. The third-order valence-corrected chi connectivity index (χ3v) is 2.69. The Morgan fingerprint density at radius 3 is 2.71 bits per heavy atom. The summed E-state index contributed by atoms with van der Waals surface area (Å²) in [7, 11) is 1.52. The van der Waals surface area contributed by atoms with Crippen LogP contribution in [-0.2, 0) is 0 Å². The Balaban J connectivity index is 2.87. The van der Waals surface area contributed by atoms with Crippen LogP contribution in [0.1, 0.15) is 26.4 Å². The Hall–Kier alpha value is -2.30. The average molecular weight is 233 g/mol. The Bertz CT molecular complexity index is 612. The van der Waals surface area contributed by atoms with E-state index >= 15 is 0 Å². The van der Waals surface area contributed by atoms with Crippen molar-refractivity contribution in [1.29, 1.82) is 0 Å². The molecule has 1 aromatic carbocycles. The molecule has 5 heteroatoms. The number of hydrogen-bond donors (Lipinski definition) is 2. The highest BCUT2D eigenvalue weighted by molar-refractivity contribution is 6.08. The molecule has 0 spiro atoms. The van der Waals surface area contributed by atoms with Gasteiger partial charge in [0.1, 0.15) is 11.4 Å². The van der Waals surface area contributed by atoms with Crippen LogP contribution in [0.5, 0.6) is 5.75 Å². The number of ether oxygens (including phenoxy) is 1. The zero-order chi connectivity index (χ0) is 12.6. The highest BCUT2D eigenvalue weighted by Gasteiger charge is 2.18. The number of nitrogens with one attached hydrogen (secondary N) is 1. The second-order valence-electron chi connectivity index (χ2n) is 3.70. The fraction of sp³-hybridized carbons (Fsp3) is 0.167. The number of fused-ring (bicyclic) bond motifs is 1. The van der Waals surface area contributed by atoms with Crippen LogP contribution in [0.3, 0.4) is 0 Å². The molecule has 2 rings (SSSR count). The number of carboxylic acid groups (broad SMARTS) is 1. The standard InChI is InChI=1S/C12H11NO4/c1-6-3-7(17-2)4-8-9(5-14)11(12(15)16)13-10(6)8/h3-5,13H,1-2H3,(H,15,16). The molecule has 0 amide bonds. The molecule has 2 aromatic rings. The van der Waals surface area contributed by atoms with Gasteiger partial charge in [0.15, 0.2) is 6.29 Å². The number of aryl methyl sites for hydroxylation is 1. The van der Waals surface area contributed by atoms with E-state index in [4.69, 9.17) is 9.84 Å². The molecule has 88 valence electrons. The number of H-pyrrole nitrogens is 1. The Labute approximate surface area is 97.0 Å². The smallest absolute Gasteiger partial charge is 0.353 e. The van der Waals surface area contributed by atoms with Crippen molar-refractivity contribution in [2.75, 3.05) is 7.11 Å². The van der Waals surface area contributed by atoms with Crippen LogP contribution in [-0.4, -0.2) is 29.5 Å². The van der Waals surface area contributed by atoms with Crippen LogP contribution in [0.15, 0.2) is 12.1 Å². The summed E-state index contributed by atoms with van der Waals surface area (Å²) < 4.78 is 5.10. The predicted molar refractivity (Wildman–Crippen MR) is 61.9 cm³/mol. The molecule has 2 N–H and O–H groups in total. The molecule has 1 heterocycles. The number of benzene rings is 1. The molecule has 0 aliphatic heterocycles. The van der Waals surface area contributed by atoms with Crippen LogP contribution in [0, 0.1) is 6.92 Å². The van der Waals surface area contributed by atoms with Gasteiger partial charge in [0, 0.05) is 5.39 Å². The van der Waals surface area contributed by atoms with E-state index in [-0.39, 0.29) is 11.3 Å². The van der Waals surface area contributed by atoms with E-state index in [0.717, 1.165) is 5.56 Å². The lowest BCUT2D eigenvalue weighted by Gasteiger charge is -2.02. The zero-order valence-electron chi connectivity index (χ0n) is 9.40. The minimum absolute atomic E-state index is 0.0913. The van der Waals surface area contributed by atoms with Gasteiger partial charge in [0.25, 0.3) is 0 Å². The summed E-state index contributed by atoms with van der Waals surface area (Å²) in [6.45, 7) is 1.82. The van der Waals surface area contributed by atoms with E-state index < -0.39 is 5.97 Å². The van der Waals surface area contributed by atoms with Crippen molar-refractivity contribution in [2.24, 2.45) is 0 Å². The van der Waals surface area contributed by atoms with Gasteiger partial charge >= 0.3 is 5.97 Å². The maximum absolute atomic E-state index is 11.0. The van der Waals surface area contributed by atoms with E-state index in [1.54, 1.807) is 12.1 Å². The highest BCUT2D eigenvalue weighted by Crippen LogP contribution is 2.28. The number of aromatic carboxylic acids is 1. The Morgan fingerprint density at radius 2 is 2.18 bits per heavy atom. The van der Waals surface area contributed by atoms with E-state index in [1.807, 2.05) is 6.92 Å². The summed E-state index contributed by atoms with van der Waals surface area (Å²) >= 11 is 0. The van der Waals surface area contributed by atoms with Crippen molar-refractivity contribution in [3.63, 3.8) is 0 Å². The van der Waals surface area contributed by atoms with Gasteiger partial charge in [-0.1, -0.05) is 0 Å². The normalized spacial score (nSPS) is 10.5. The second kappa shape index (κ2) is 3.93. The summed E-state index contributed by atoms with van der Waals surface area (Å²) in [6.07, 6.45) is 0.543. The molecule has 0 unspecified atom stereocenters. The van der Waals surface area contributed by atoms with Crippen molar-refractivity contribution < 1.29 is 19.4 Å². The van der Waals surface area contributed by atoms with E-state index in [2.05, 4.69) is 4.98 Å². The third kappa shape index (κ3) is 1.65. The van der Waals surface area contributed by atoms with Crippen LogP contribution in [0.4, 0.5) is 0 Å². The van der Waals surface area contributed by atoms with E-state index in [1.165, 1.54) is 7.11 Å². The van der Waals surface area contributed by atoms with Gasteiger partial charge in [-0.05, 0) is 24.6 Å². The first-order chi connectivity index (χ1) is 8.08. The number of hydrogen-bond acceptors (Lipinski definition) is 3. The molecule has 0 saturated carbocycles. The molecule has 0 saturated heterocycles. The first-order valence-electron chi connectivity index (χ1n) is 4.97. The number of aromatic nitrogens is 1. The SMILES string of the molecule is COc1cc(C)c2[nH]c(C(=O)O)c(C=O)c2c1. The number of aldehydes is 1. The first-order valence-corrected chi connectivity index (χ1v) is 4.97. The van der Waals surface area contributed by atoms with Crippen LogP contribution >= 0.6 is 0 Å². The first kappa shape index (κ1) is 11.2. The van der Waals surface area contributed by atoms with Crippen molar-refractivity contribution in [1.82, 2.24) is 4.98 Å². The summed E-state index contributed by atoms with van der Waals surface area (Å²) in [4.78, 5) is 24.7. The summed E-state index contributed by atoms with van der Waals surface area (Å²) in [5, 5.41) is 9.56. The predicted octanol–water partition coefficient (Wildman–Crippen LogP) is 2.00. The number of methoxy groups -OCH3 is 1. The van der Waals surface area contributed by atoms with Gasteiger partial charge in [0.2, 0.25) is 0 Å². The van der Waals surface area contributed by atoms with E-state index in [0.29, 0.717) is 22.9 Å². The highest BCUT2D eigenvalue weighted by atomic mass is 16.5. The minimum atomic E-state index is -1.15. The lowest BCUT2D eigenvalue weighted by atomic mass is 10.1. The number of carboxylic acids is 1. The molecule has 0 atom stereocenters. The van der Waals surface area contributed by atoms with E-state index in [9.17, 15) is 9.59 Å². The third-order valence-electron chi connectivity index (χ3n) is 2.69. The molecule has 0 aliphatic rings. The quantitative estimate of drug-likeness (QED) is 0.794. The van der Waals surface area contributed by atoms with Crippen LogP contribution < -0.4 is 4.74 Å². The molecule has 5 nitrogen and oxygen atoms in total. The van der Waals surface area contributed by atoms with Crippen LogP contribution in [0.2, 0.25) is 0 Å². The second-order valence-corrected chi connectivity index (χ2v) is 3.70. The summed E-state index contributed by atoms with van der Waals surface area (Å²) in [5.41, 5.74) is 1.53. The van der Waals surface area contributed by atoms with Gasteiger partial charge in [-0.2, -0.15) is 0 Å². The summed E-state index contributed by atoms with van der Waals surface area (Å²) in [5.74, 6) is -0.560. The molecular formula is C12H11NO4. The molecule has 17 heavy (non-hydrogen) atoms. The monoisotopic (exact) mass is 233 g/mol. The summed E-state index contributed by atoms with van der Waals surface area (Å²) in [6, 6.07) is 3.42.